The molecule has 13 rings (SSSR count). The van der Waals surface area contributed by atoms with Gasteiger partial charge in [-0.25, -0.2) is 9.97 Å². The fourth-order valence-electron chi connectivity index (χ4n) is 9.99. The van der Waals surface area contributed by atoms with Crippen LogP contribution in [-0.4, -0.2) is 19.1 Å². The van der Waals surface area contributed by atoms with Crippen molar-refractivity contribution in [3.8, 4) is 78.7 Å². The van der Waals surface area contributed by atoms with E-state index in [1.54, 1.807) is 0 Å². The lowest BCUT2D eigenvalue weighted by atomic mass is 10.00. The second-order valence-electron chi connectivity index (χ2n) is 17.4. The highest BCUT2D eigenvalue weighted by Gasteiger charge is 2.18. The van der Waals surface area contributed by atoms with Crippen LogP contribution in [-0.2, 0) is 0 Å². The van der Waals surface area contributed by atoms with E-state index in [-0.39, 0.29) is 0 Å². The third-order valence-electron chi connectivity index (χ3n) is 13.4. The van der Waals surface area contributed by atoms with Crippen LogP contribution in [0.5, 0.6) is 0 Å². The van der Waals surface area contributed by atoms with Crippen molar-refractivity contribution in [1.29, 1.82) is 0 Å². The van der Waals surface area contributed by atoms with Crippen molar-refractivity contribution < 1.29 is 0 Å². The average molecular weight is 867 g/mol. The minimum Gasteiger partial charge on any atom is -0.309 e. The zero-order chi connectivity index (χ0) is 45.0. The molecule has 318 valence electrons. The fourth-order valence-corrected chi connectivity index (χ4v) is 9.99. The van der Waals surface area contributed by atoms with Gasteiger partial charge < -0.3 is 9.13 Å². The summed E-state index contributed by atoms with van der Waals surface area (Å²) >= 11 is 0. The van der Waals surface area contributed by atoms with Gasteiger partial charge in [-0.1, -0.05) is 188 Å². The van der Waals surface area contributed by atoms with Gasteiger partial charge in [-0.3, -0.25) is 0 Å². The van der Waals surface area contributed by atoms with Gasteiger partial charge in [0.1, 0.15) is 0 Å². The van der Waals surface area contributed by atoms with Crippen molar-refractivity contribution in [2.24, 2.45) is 0 Å². The first-order valence-electron chi connectivity index (χ1n) is 23.1. The Hall–Kier alpha value is -9.12. The first kappa shape index (κ1) is 39.3. The Kier molecular flexibility index (Phi) is 9.47. The molecule has 0 aliphatic heterocycles. The highest BCUT2D eigenvalue weighted by molar-refractivity contribution is 6.12. The summed E-state index contributed by atoms with van der Waals surface area (Å²) < 4.78 is 4.80. The van der Waals surface area contributed by atoms with Gasteiger partial charge in [0.25, 0.3) is 0 Å². The maximum atomic E-state index is 5.11. The number of nitrogens with zero attached hydrogens (tertiary/aromatic N) is 4. The van der Waals surface area contributed by atoms with Crippen LogP contribution in [0.15, 0.2) is 255 Å². The number of hydrogen-bond donors (Lipinski definition) is 0. The zero-order valence-electron chi connectivity index (χ0n) is 37.0. The normalized spacial score (nSPS) is 11.5. The van der Waals surface area contributed by atoms with Crippen molar-refractivity contribution >= 4 is 43.6 Å². The van der Waals surface area contributed by atoms with Gasteiger partial charge in [-0.15, -0.1) is 0 Å². The SMILES string of the molecule is c1ccc(-c2ccc(-c3ccc(-n4c5ccccc5c5ccc(-c6ccc7c8ccccc8n(-c8ccc(-c9nc(-c%10ccccc%10)cc(-c%10ccccc%10)n9)cc8)c7c6)cc54)cc3)cc2)cc1. The van der Waals surface area contributed by atoms with Gasteiger partial charge in [0.2, 0.25) is 0 Å². The van der Waals surface area contributed by atoms with E-state index < -0.39 is 0 Å². The first-order valence-corrected chi connectivity index (χ1v) is 23.1. The number of rotatable bonds is 8. The number of para-hydroxylation sites is 2. The van der Waals surface area contributed by atoms with E-state index in [0.29, 0.717) is 5.82 Å². The van der Waals surface area contributed by atoms with Gasteiger partial charge in [-0.05, 0) is 100 Å². The summed E-state index contributed by atoms with van der Waals surface area (Å²) in [5.41, 5.74) is 18.9. The van der Waals surface area contributed by atoms with E-state index in [0.717, 1.165) is 61.6 Å². The predicted octanol–water partition coefficient (Wildman–Crippen LogP) is 16.7. The highest BCUT2D eigenvalue weighted by Crippen LogP contribution is 2.39. The lowest BCUT2D eigenvalue weighted by Gasteiger charge is -2.12. The third-order valence-corrected chi connectivity index (χ3v) is 13.4. The molecule has 4 heteroatoms. The monoisotopic (exact) mass is 866 g/mol. The summed E-state index contributed by atoms with van der Waals surface area (Å²) in [5.74, 6) is 0.693. The molecule has 10 aromatic carbocycles. The van der Waals surface area contributed by atoms with Gasteiger partial charge in [-0.2, -0.15) is 0 Å². The van der Waals surface area contributed by atoms with Crippen molar-refractivity contribution in [2.75, 3.05) is 0 Å². The molecule has 0 saturated carbocycles. The zero-order valence-corrected chi connectivity index (χ0v) is 37.0. The van der Waals surface area contributed by atoms with Crippen LogP contribution >= 0.6 is 0 Å². The molecule has 0 aliphatic carbocycles. The Morgan fingerprint density at radius 1 is 0.221 bits per heavy atom. The van der Waals surface area contributed by atoms with Gasteiger partial charge >= 0.3 is 0 Å². The van der Waals surface area contributed by atoms with E-state index in [2.05, 4.69) is 252 Å². The molecule has 0 N–H and O–H groups in total. The Morgan fingerprint density at radius 2 is 0.544 bits per heavy atom. The molecule has 0 amide bonds. The minimum absolute atomic E-state index is 0.693. The molecule has 0 aliphatic rings. The van der Waals surface area contributed by atoms with Gasteiger partial charge in [0.15, 0.2) is 5.82 Å². The molecule has 0 unspecified atom stereocenters. The maximum absolute atomic E-state index is 5.11. The Morgan fingerprint density at radius 3 is 0.985 bits per heavy atom. The van der Waals surface area contributed by atoms with E-state index >= 15 is 0 Å². The molecule has 0 radical (unpaired) electrons. The van der Waals surface area contributed by atoms with Crippen molar-refractivity contribution in [1.82, 2.24) is 19.1 Å². The van der Waals surface area contributed by atoms with Crippen LogP contribution < -0.4 is 0 Å². The summed E-state index contributed by atoms with van der Waals surface area (Å²) in [5, 5.41) is 4.90. The molecule has 0 fully saturated rings. The molecule has 3 heterocycles. The van der Waals surface area contributed by atoms with E-state index in [1.807, 2.05) is 12.1 Å². The second kappa shape index (κ2) is 16.4. The predicted molar refractivity (Wildman–Crippen MR) is 283 cm³/mol. The minimum atomic E-state index is 0.693. The summed E-state index contributed by atoms with van der Waals surface area (Å²) in [7, 11) is 0. The summed E-state index contributed by atoms with van der Waals surface area (Å²) in [6, 6.07) is 91.2. The average Bonchev–Trinajstić information content (AvgIpc) is 3.94. The van der Waals surface area contributed by atoms with Crippen LogP contribution in [0.2, 0.25) is 0 Å². The Bertz CT molecular complexity index is 3910. The molecule has 0 atom stereocenters. The number of benzene rings is 10. The molecule has 0 saturated heterocycles. The lowest BCUT2D eigenvalue weighted by molar-refractivity contribution is 1.16. The highest BCUT2D eigenvalue weighted by atomic mass is 15.0. The van der Waals surface area contributed by atoms with Crippen LogP contribution in [0.1, 0.15) is 0 Å². The molecular formula is C64H42N4. The smallest absolute Gasteiger partial charge is 0.160 e. The van der Waals surface area contributed by atoms with Crippen LogP contribution in [0.3, 0.4) is 0 Å². The number of aromatic nitrogens is 4. The van der Waals surface area contributed by atoms with Crippen LogP contribution in [0.4, 0.5) is 0 Å². The molecule has 4 nitrogen and oxygen atoms in total. The Labute approximate surface area is 394 Å². The lowest BCUT2D eigenvalue weighted by Crippen LogP contribution is -1.97. The van der Waals surface area contributed by atoms with E-state index in [9.17, 15) is 0 Å². The second-order valence-corrected chi connectivity index (χ2v) is 17.4. The molecule has 0 spiro atoms. The molecule has 68 heavy (non-hydrogen) atoms. The first-order chi connectivity index (χ1) is 33.7. The third kappa shape index (κ3) is 6.86. The van der Waals surface area contributed by atoms with Crippen molar-refractivity contribution in [3.63, 3.8) is 0 Å². The van der Waals surface area contributed by atoms with E-state index in [1.165, 1.54) is 54.8 Å². The van der Waals surface area contributed by atoms with E-state index in [4.69, 9.17) is 9.97 Å². The summed E-state index contributed by atoms with van der Waals surface area (Å²) in [4.78, 5) is 10.2. The number of fused-ring (bicyclic) bond motifs is 6. The van der Waals surface area contributed by atoms with Crippen molar-refractivity contribution in [3.05, 3.63) is 255 Å². The van der Waals surface area contributed by atoms with Crippen molar-refractivity contribution in [2.45, 2.75) is 0 Å². The Balaban J connectivity index is 0.885. The number of hydrogen-bond acceptors (Lipinski definition) is 2. The topological polar surface area (TPSA) is 35.6 Å². The molecule has 0 bridgehead atoms. The molecule has 13 aromatic rings. The fraction of sp³-hybridized carbons (Fsp3) is 0. The van der Waals surface area contributed by atoms with Gasteiger partial charge in [0, 0.05) is 49.6 Å². The summed E-state index contributed by atoms with van der Waals surface area (Å²) in [6.45, 7) is 0. The van der Waals surface area contributed by atoms with Gasteiger partial charge in [0.05, 0.1) is 33.5 Å². The maximum Gasteiger partial charge on any atom is 0.160 e. The molecule has 3 aromatic heterocycles. The van der Waals surface area contributed by atoms with Crippen LogP contribution in [0.25, 0.3) is 122 Å². The quantitative estimate of drug-likeness (QED) is 0.153. The standard InChI is InChI=1S/C64H42N4/c1-4-14-43(15-5-1)44-24-26-45(27-25-44)46-28-34-52(35-29-46)67-60-22-12-10-20-54(60)56-38-32-50(40-62(56)67)51-33-39-57-55-21-11-13-23-61(55)68(63(57)41-51)53-36-30-49(31-37-53)64-65-58(47-16-6-2-7-17-47)42-59(66-64)48-18-8-3-9-19-48/h1-42H. The largest absolute Gasteiger partial charge is 0.309 e. The summed E-state index contributed by atoms with van der Waals surface area (Å²) in [6.07, 6.45) is 0. The van der Waals surface area contributed by atoms with Crippen LogP contribution in [0, 0.1) is 0 Å². The molecular weight excluding hydrogens is 825 g/mol.